The van der Waals surface area contributed by atoms with E-state index >= 15 is 0 Å². The van der Waals surface area contributed by atoms with E-state index < -0.39 is 0 Å². The first-order valence-corrected chi connectivity index (χ1v) is 5.76. The molecule has 0 aliphatic heterocycles. The minimum absolute atomic E-state index is 0.301. The molecular formula is C11H21NOS. The fourth-order valence-corrected chi connectivity index (χ4v) is 1.73. The van der Waals surface area contributed by atoms with Gasteiger partial charge in [0.05, 0.1) is 17.7 Å². The van der Waals surface area contributed by atoms with Gasteiger partial charge in [-0.15, -0.1) is 0 Å². The van der Waals surface area contributed by atoms with E-state index in [9.17, 15) is 0 Å². The largest absolute Gasteiger partial charge is 0.393 e. The van der Waals surface area contributed by atoms with Crippen LogP contribution in [0.4, 0.5) is 0 Å². The Morgan fingerprint density at radius 2 is 2.00 bits per heavy atom. The van der Waals surface area contributed by atoms with Gasteiger partial charge in [-0.05, 0) is 25.7 Å². The summed E-state index contributed by atoms with van der Waals surface area (Å²) in [5.41, 5.74) is 5.86. The monoisotopic (exact) mass is 215 g/mol. The summed E-state index contributed by atoms with van der Waals surface area (Å²) in [7, 11) is 0. The lowest BCUT2D eigenvalue weighted by molar-refractivity contribution is 0.00888. The summed E-state index contributed by atoms with van der Waals surface area (Å²) >= 11 is 4.94. The zero-order valence-corrected chi connectivity index (χ0v) is 10.2. The maximum Gasteiger partial charge on any atom is 0.0733 e. The Labute approximate surface area is 92.2 Å². The Morgan fingerprint density at radius 1 is 1.43 bits per heavy atom. The first kappa shape index (κ1) is 11.9. The first-order valence-electron chi connectivity index (χ1n) is 5.35. The van der Waals surface area contributed by atoms with Gasteiger partial charge in [-0.1, -0.05) is 26.1 Å². The quantitative estimate of drug-likeness (QED) is 0.691. The van der Waals surface area contributed by atoms with Crippen LogP contribution in [0.2, 0.25) is 0 Å². The van der Waals surface area contributed by atoms with Gasteiger partial charge in [0.25, 0.3) is 0 Å². The maximum atomic E-state index is 5.82. The van der Waals surface area contributed by atoms with Crippen LogP contribution in [-0.2, 0) is 4.74 Å². The Morgan fingerprint density at radius 3 is 2.36 bits per heavy atom. The number of thiocarbonyl (C=S) groups is 1. The van der Waals surface area contributed by atoms with Crippen LogP contribution in [0.5, 0.6) is 0 Å². The molecule has 0 aromatic heterocycles. The number of ether oxygens (including phenoxy) is 1. The highest BCUT2D eigenvalue weighted by Crippen LogP contribution is 2.49. The summed E-state index contributed by atoms with van der Waals surface area (Å²) in [6.07, 6.45) is 3.62. The summed E-state index contributed by atoms with van der Waals surface area (Å²) in [6.45, 7) is 7.31. The first-order chi connectivity index (χ1) is 6.45. The van der Waals surface area contributed by atoms with Crippen LogP contribution < -0.4 is 5.73 Å². The Balaban J connectivity index is 2.27. The molecule has 1 fully saturated rings. The third-order valence-electron chi connectivity index (χ3n) is 3.10. The molecule has 0 aromatic rings. The Hall–Kier alpha value is -0.150. The third-order valence-corrected chi connectivity index (χ3v) is 3.24. The number of rotatable bonds is 6. The van der Waals surface area contributed by atoms with Crippen LogP contribution in [0.3, 0.4) is 0 Å². The molecule has 2 N–H and O–H groups in total. The molecule has 82 valence electrons. The summed E-state index contributed by atoms with van der Waals surface area (Å²) in [5.74, 6) is 0.579. The summed E-state index contributed by atoms with van der Waals surface area (Å²) < 4.78 is 5.82. The molecular weight excluding hydrogens is 194 g/mol. The van der Waals surface area contributed by atoms with Crippen molar-refractivity contribution in [2.75, 3.05) is 6.61 Å². The van der Waals surface area contributed by atoms with Crippen molar-refractivity contribution in [1.82, 2.24) is 0 Å². The predicted molar refractivity (Wildman–Crippen MR) is 63.3 cm³/mol. The zero-order valence-electron chi connectivity index (χ0n) is 9.38. The van der Waals surface area contributed by atoms with E-state index in [0.717, 1.165) is 13.0 Å². The highest BCUT2D eigenvalue weighted by Gasteiger charge is 2.43. The SMILES string of the molecule is CC(C)C(C)OCC1(CC(N)=S)CC1. The third kappa shape index (κ3) is 3.54. The van der Waals surface area contributed by atoms with Gasteiger partial charge < -0.3 is 10.5 Å². The fourth-order valence-electron chi connectivity index (χ4n) is 1.42. The van der Waals surface area contributed by atoms with Gasteiger partial charge in [0, 0.05) is 11.8 Å². The van der Waals surface area contributed by atoms with Crippen molar-refractivity contribution in [3.8, 4) is 0 Å². The number of hydrogen-bond donors (Lipinski definition) is 1. The highest BCUT2D eigenvalue weighted by atomic mass is 32.1. The molecule has 1 saturated carbocycles. The van der Waals surface area contributed by atoms with Gasteiger partial charge in [0.15, 0.2) is 0 Å². The second-order valence-electron chi connectivity index (χ2n) is 4.90. The molecule has 0 bridgehead atoms. The molecule has 14 heavy (non-hydrogen) atoms. The smallest absolute Gasteiger partial charge is 0.0733 e. The Bertz CT molecular complexity index is 211. The van der Waals surface area contributed by atoms with E-state index in [1.807, 2.05) is 0 Å². The normalized spacial score (nSPS) is 20.9. The van der Waals surface area contributed by atoms with Crippen molar-refractivity contribution >= 4 is 17.2 Å². The molecule has 0 saturated heterocycles. The van der Waals surface area contributed by atoms with Gasteiger partial charge in [0.1, 0.15) is 0 Å². The summed E-state index contributed by atoms with van der Waals surface area (Å²) in [6, 6.07) is 0. The number of nitrogens with two attached hydrogens (primary N) is 1. The lowest BCUT2D eigenvalue weighted by Gasteiger charge is -2.21. The van der Waals surface area contributed by atoms with Crippen LogP contribution >= 0.6 is 12.2 Å². The van der Waals surface area contributed by atoms with Crippen LogP contribution in [0, 0.1) is 11.3 Å². The van der Waals surface area contributed by atoms with E-state index in [-0.39, 0.29) is 0 Å². The minimum Gasteiger partial charge on any atom is -0.393 e. The van der Waals surface area contributed by atoms with Crippen LogP contribution in [0.15, 0.2) is 0 Å². The average molecular weight is 215 g/mol. The molecule has 1 atom stereocenters. The van der Waals surface area contributed by atoms with Crippen molar-refractivity contribution in [2.45, 2.75) is 46.1 Å². The van der Waals surface area contributed by atoms with Crippen molar-refractivity contribution in [3.05, 3.63) is 0 Å². The van der Waals surface area contributed by atoms with Crippen molar-refractivity contribution in [3.63, 3.8) is 0 Å². The van der Waals surface area contributed by atoms with Crippen molar-refractivity contribution < 1.29 is 4.74 Å². The molecule has 0 amide bonds. The van der Waals surface area contributed by atoms with Crippen LogP contribution in [0.1, 0.15) is 40.0 Å². The Kier molecular flexibility index (Phi) is 3.90. The zero-order chi connectivity index (χ0) is 10.8. The second-order valence-corrected chi connectivity index (χ2v) is 5.43. The molecule has 0 aromatic carbocycles. The van der Waals surface area contributed by atoms with E-state index in [2.05, 4.69) is 20.8 Å². The lowest BCUT2D eigenvalue weighted by atomic mass is 10.0. The molecule has 0 radical (unpaired) electrons. The molecule has 3 heteroatoms. The fraction of sp³-hybridized carbons (Fsp3) is 0.909. The topological polar surface area (TPSA) is 35.2 Å². The standard InChI is InChI=1S/C11H21NOS/c1-8(2)9(3)13-7-11(4-5-11)6-10(12)14/h8-9H,4-7H2,1-3H3,(H2,12,14). The van der Waals surface area contributed by atoms with Crippen molar-refractivity contribution in [2.24, 2.45) is 17.1 Å². The van der Waals surface area contributed by atoms with E-state index in [0.29, 0.717) is 22.4 Å². The molecule has 1 unspecified atom stereocenters. The minimum atomic E-state index is 0.301. The lowest BCUT2D eigenvalue weighted by Crippen LogP contribution is -2.24. The van der Waals surface area contributed by atoms with Crippen LogP contribution in [-0.4, -0.2) is 17.7 Å². The average Bonchev–Trinajstić information content (AvgIpc) is 2.80. The predicted octanol–water partition coefficient (Wildman–Crippen LogP) is 2.50. The van der Waals surface area contributed by atoms with Gasteiger partial charge in [-0.25, -0.2) is 0 Å². The number of hydrogen-bond acceptors (Lipinski definition) is 2. The van der Waals surface area contributed by atoms with Crippen molar-refractivity contribution in [1.29, 1.82) is 0 Å². The van der Waals surface area contributed by atoms with E-state index in [1.165, 1.54) is 12.8 Å². The van der Waals surface area contributed by atoms with Crippen LogP contribution in [0.25, 0.3) is 0 Å². The molecule has 0 spiro atoms. The molecule has 0 heterocycles. The molecule has 1 aliphatic rings. The second kappa shape index (κ2) is 4.58. The molecule has 1 rings (SSSR count). The van der Waals surface area contributed by atoms with E-state index in [4.69, 9.17) is 22.7 Å². The highest BCUT2D eigenvalue weighted by molar-refractivity contribution is 7.80. The van der Waals surface area contributed by atoms with Gasteiger partial charge >= 0.3 is 0 Å². The van der Waals surface area contributed by atoms with Gasteiger partial charge in [-0.2, -0.15) is 0 Å². The van der Waals surface area contributed by atoms with Gasteiger partial charge in [-0.3, -0.25) is 0 Å². The summed E-state index contributed by atoms with van der Waals surface area (Å²) in [4.78, 5) is 0.628. The van der Waals surface area contributed by atoms with E-state index in [1.54, 1.807) is 0 Å². The van der Waals surface area contributed by atoms with Gasteiger partial charge in [0.2, 0.25) is 0 Å². The maximum absolute atomic E-state index is 5.82. The molecule has 1 aliphatic carbocycles. The summed E-state index contributed by atoms with van der Waals surface area (Å²) in [5, 5.41) is 0. The molecule has 2 nitrogen and oxygen atoms in total.